The minimum Gasteiger partial charge on any atom is -0.389 e. The molecule has 1 saturated carbocycles. The number of amides is 2. The molecule has 0 radical (unpaired) electrons. The third-order valence-electron chi connectivity index (χ3n) is 3.09. The fourth-order valence-electron chi connectivity index (χ4n) is 2.19. The van der Waals surface area contributed by atoms with Crippen LogP contribution in [0.5, 0.6) is 0 Å². The number of nitrogens with one attached hydrogen (secondary N) is 2. The Hall–Kier alpha value is -1.10. The van der Waals surface area contributed by atoms with Gasteiger partial charge in [0.1, 0.15) is 0 Å². The fourth-order valence-corrected chi connectivity index (χ4v) is 2.19. The fraction of sp³-hybridized carbons (Fsp3) is 0.833. The SMILES string of the molecule is CCNC(=O)CNC(=O)CC1(O)CCCCC1. The molecule has 0 bridgehead atoms. The average Bonchev–Trinajstić information content (AvgIpc) is 2.27. The molecule has 1 rings (SSSR count). The standard InChI is InChI=1S/C12H22N2O3/c1-2-13-11(16)9-14-10(15)8-12(17)6-4-3-5-7-12/h17H,2-9H2,1H3,(H,13,16)(H,14,15). The summed E-state index contributed by atoms with van der Waals surface area (Å²) in [6, 6.07) is 0. The highest BCUT2D eigenvalue weighted by Crippen LogP contribution is 2.30. The molecule has 1 aliphatic rings. The molecule has 0 atom stereocenters. The molecule has 5 nitrogen and oxygen atoms in total. The van der Waals surface area contributed by atoms with E-state index in [1.165, 1.54) is 0 Å². The van der Waals surface area contributed by atoms with Gasteiger partial charge in [-0.15, -0.1) is 0 Å². The Bertz CT molecular complexity index is 273. The first-order valence-corrected chi connectivity index (χ1v) is 6.31. The van der Waals surface area contributed by atoms with E-state index >= 15 is 0 Å². The van der Waals surface area contributed by atoms with E-state index in [-0.39, 0.29) is 24.8 Å². The summed E-state index contributed by atoms with van der Waals surface area (Å²) in [5, 5.41) is 15.3. The van der Waals surface area contributed by atoms with E-state index in [0.717, 1.165) is 19.3 Å². The topological polar surface area (TPSA) is 78.4 Å². The molecule has 0 saturated heterocycles. The predicted molar refractivity (Wildman–Crippen MR) is 64.3 cm³/mol. The molecule has 1 aliphatic carbocycles. The van der Waals surface area contributed by atoms with Crippen molar-refractivity contribution in [3.8, 4) is 0 Å². The molecule has 0 aromatic carbocycles. The molecule has 0 aliphatic heterocycles. The zero-order valence-electron chi connectivity index (χ0n) is 10.4. The highest BCUT2D eigenvalue weighted by molar-refractivity contribution is 5.85. The first kappa shape index (κ1) is 14.0. The molecule has 2 amide bonds. The van der Waals surface area contributed by atoms with Crippen molar-refractivity contribution in [2.45, 2.75) is 51.0 Å². The second-order valence-electron chi connectivity index (χ2n) is 4.69. The number of carbonyl (C=O) groups is 2. The van der Waals surface area contributed by atoms with E-state index < -0.39 is 5.60 Å². The van der Waals surface area contributed by atoms with Crippen molar-refractivity contribution in [1.82, 2.24) is 10.6 Å². The lowest BCUT2D eigenvalue weighted by molar-refractivity contribution is -0.130. The lowest BCUT2D eigenvalue weighted by atomic mass is 9.82. The quantitative estimate of drug-likeness (QED) is 0.650. The smallest absolute Gasteiger partial charge is 0.239 e. The van der Waals surface area contributed by atoms with Crippen LogP contribution in [0.25, 0.3) is 0 Å². The summed E-state index contributed by atoms with van der Waals surface area (Å²) in [5.74, 6) is -0.447. The van der Waals surface area contributed by atoms with Gasteiger partial charge in [-0.2, -0.15) is 0 Å². The highest BCUT2D eigenvalue weighted by atomic mass is 16.3. The Morgan fingerprint density at radius 1 is 1.12 bits per heavy atom. The van der Waals surface area contributed by atoms with Crippen LogP contribution >= 0.6 is 0 Å². The molecule has 1 fully saturated rings. The van der Waals surface area contributed by atoms with E-state index in [2.05, 4.69) is 10.6 Å². The minimum atomic E-state index is -0.858. The first-order chi connectivity index (χ1) is 8.06. The molecule has 3 N–H and O–H groups in total. The van der Waals surface area contributed by atoms with Crippen molar-refractivity contribution >= 4 is 11.8 Å². The van der Waals surface area contributed by atoms with E-state index in [0.29, 0.717) is 19.4 Å². The Labute approximate surface area is 102 Å². The van der Waals surface area contributed by atoms with Crippen molar-refractivity contribution in [3.05, 3.63) is 0 Å². The summed E-state index contributed by atoms with van der Waals surface area (Å²) in [5.41, 5.74) is -0.858. The molecule has 0 spiro atoms. The third kappa shape index (κ3) is 5.17. The molecule has 0 aromatic heterocycles. The Morgan fingerprint density at radius 3 is 2.35 bits per heavy atom. The zero-order valence-corrected chi connectivity index (χ0v) is 10.4. The maximum absolute atomic E-state index is 11.6. The Morgan fingerprint density at radius 2 is 1.76 bits per heavy atom. The lowest BCUT2D eigenvalue weighted by Crippen LogP contribution is -2.42. The van der Waals surface area contributed by atoms with Gasteiger partial charge in [0, 0.05) is 6.54 Å². The van der Waals surface area contributed by atoms with Crippen LogP contribution in [-0.2, 0) is 9.59 Å². The van der Waals surface area contributed by atoms with Gasteiger partial charge in [0.25, 0.3) is 0 Å². The van der Waals surface area contributed by atoms with Crippen LogP contribution in [0.1, 0.15) is 45.4 Å². The van der Waals surface area contributed by atoms with Crippen molar-refractivity contribution in [2.75, 3.05) is 13.1 Å². The summed E-state index contributed by atoms with van der Waals surface area (Å²) >= 11 is 0. The van der Waals surface area contributed by atoms with Crippen LogP contribution < -0.4 is 10.6 Å². The van der Waals surface area contributed by atoms with Crippen LogP contribution in [0.2, 0.25) is 0 Å². The number of hydrogen-bond acceptors (Lipinski definition) is 3. The van der Waals surface area contributed by atoms with Gasteiger partial charge < -0.3 is 15.7 Å². The largest absolute Gasteiger partial charge is 0.389 e. The monoisotopic (exact) mass is 242 g/mol. The average molecular weight is 242 g/mol. The van der Waals surface area contributed by atoms with Gasteiger partial charge in [-0.3, -0.25) is 9.59 Å². The predicted octanol–water partition coefficient (Wildman–Crippen LogP) is 0.324. The summed E-state index contributed by atoms with van der Waals surface area (Å²) in [7, 11) is 0. The summed E-state index contributed by atoms with van der Waals surface area (Å²) in [6.45, 7) is 2.37. The van der Waals surface area contributed by atoms with Gasteiger partial charge in [-0.25, -0.2) is 0 Å². The first-order valence-electron chi connectivity index (χ1n) is 6.31. The van der Waals surface area contributed by atoms with Gasteiger partial charge in [-0.1, -0.05) is 19.3 Å². The van der Waals surface area contributed by atoms with E-state index in [9.17, 15) is 14.7 Å². The number of rotatable bonds is 5. The van der Waals surface area contributed by atoms with Gasteiger partial charge in [-0.05, 0) is 19.8 Å². The van der Waals surface area contributed by atoms with E-state index in [4.69, 9.17) is 0 Å². The van der Waals surface area contributed by atoms with E-state index in [1.807, 2.05) is 6.92 Å². The lowest BCUT2D eigenvalue weighted by Gasteiger charge is -2.31. The minimum absolute atomic E-state index is 0.0112. The molecule has 17 heavy (non-hydrogen) atoms. The molecule has 5 heteroatoms. The van der Waals surface area contributed by atoms with Crippen LogP contribution in [0.4, 0.5) is 0 Å². The zero-order chi connectivity index (χ0) is 12.7. The summed E-state index contributed by atoms with van der Waals surface area (Å²) < 4.78 is 0. The number of aliphatic hydroxyl groups is 1. The second-order valence-corrected chi connectivity index (χ2v) is 4.69. The Balaban J connectivity index is 2.26. The van der Waals surface area contributed by atoms with Crippen molar-refractivity contribution < 1.29 is 14.7 Å². The van der Waals surface area contributed by atoms with Crippen LogP contribution in [-0.4, -0.2) is 35.6 Å². The highest BCUT2D eigenvalue weighted by Gasteiger charge is 2.31. The van der Waals surface area contributed by atoms with Gasteiger partial charge in [0.05, 0.1) is 18.6 Å². The third-order valence-corrected chi connectivity index (χ3v) is 3.09. The van der Waals surface area contributed by atoms with Crippen molar-refractivity contribution in [2.24, 2.45) is 0 Å². The molecule has 0 heterocycles. The second kappa shape index (κ2) is 6.59. The molecular formula is C12H22N2O3. The summed E-state index contributed by atoms with van der Waals surface area (Å²) in [4.78, 5) is 22.7. The number of likely N-dealkylation sites (N-methyl/N-ethyl adjacent to an activating group) is 1. The molecule has 0 aromatic rings. The Kier molecular flexibility index (Phi) is 5.41. The van der Waals surface area contributed by atoms with Gasteiger partial charge >= 0.3 is 0 Å². The van der Waals surface area contributed by atoms with Gasteiger partial charge in [0.15, 0.2) is 0 Å². The van der Waals surface area contributed by atoms with E-state index in [1.54, 1.807) is 0 Å². The van der Waals surface area contributed by atoms with Crippen LogP contribution in [0, 0.1) is 0 Å². The molecule has 0 unspecified atom stereocenters. The van der Waals surface area contributed by atoms with Crippen LogP contribution in [0.15, 0.2) is 0 Å². The number of hydrogen-bond donors (Lipinski definition) is 3. The maximum atomic E-state index is 11.6. The van der Waals surface area contributed by atoms with Crippen molar-refractivity contribution in [3.63, 3.8) is 0 Å². The molecular weight excluding hydrogens is 220 g/mol. The van der Waals surface area contributed by atoms with Gasteiger partial charge in [0.2, 0.25) is 11.8 Å². The van der Waals surface area contributed by atoms with Crippen molar-refractivity contribution in [1.29, 1.82) is 0 Å². The number of carbonyl (C=O) groups excluding carboxylic acids is 2. The normalized spacial score (nSPS) is 18.5. The van der Waals surface area contributed by atoms with Crippen LogP contribution in [0.3, 0.4) is 0 Å². The maximum Gasteiger partial charge on any atom is 0.239 e. The summed E-state index contributed by atoms with van der Waals surface area (Å²) in [6.07, 6.45) is 4.54. The molecule has 98 valence electrons.